The number of aliphatic carboxylic acids is 1. The van der Waals surface area contributed by atoms with Gasteiger partial charge < -0.3 is 10.4 Å². The molecule has 1 fully saturated rings. The highest BCUT2D eigenvalue weighted by atomic mass is 32.2. The van der Waals surface area contributed by atoms with Gasteiger partial charge in [0, 0.05) is 12.5 Å². The van der Waals surface area contributed by atoms with Crippen molar-refractivity contribution in [1.82, 2.24) is 5.32 Å². The van der Waals surface area contributed by atoms with Crippen LogP contribution >= 0.6 is 11.8 Å². The standard InChI is InChI=1S/C16H27NO4S/c1-3-8-22-14(9-15(19)20)16(21)17-10-12-4-6-13(7-5-12)11(2)18/h12-14H,3-10H2,1-2H3,(H,17,21)(H,19,20). The van der Waals surface area contributed by atoms with E-state index in [1.54, 1.807) is 6.92 Å². The Balaban J connectivity index is 2.36. The molecule has 1 atom stereocenters. The van der Waals surface area contributed by atoms with Crippen molar-refractivity contribution in [2.45, 2.75) is 57.6 Å². The molecule has 1 unspecified atom stereocenters. The molecule has 5 nitrogen and oxygen atoms in total. The summed E-state index contributed by atoms with van der Waals surface area (Å²) in [4.78, 5) is 34.3. The minimum Gasteiger partial charge on any atom is -0.481 e. The molecule has 0 spiro atoms. The molecule has 22 heavy (non-hydrogen) atoms. The minimum absolute atomic E-state index is 0.131. The van der Waals surface area contributed by atoms with Crippen molar-refractivity contribution >= 4 is 29.4 Å². The average molecular weight is 329 g/mol. The zero-order valence-electron chi connectivity index (χ0n) is 13.5. The van der Waals surface area contributed by atoms with Crippen LogP contribution in [0, 0.1) is 11.8 Å². The molecule has 0 saturated heterocycles. The van der Waals surface area contributed by atoms with Gasteiger partial charge in [-0.3, -0.25) is 14.4 Å². The molecule has 0 aromatic carbocycles. The molecule has 0 aromatic rings. The van der Waals surface area contributed by atoms with Crippen LogP contribution in [-0.2, 0) is 14.4 Å². The molecular weight excluding hydrogens is 302 g/mol. The van der Waals surface area contributed by atoms with E-state index >= 15 is 0 Å². The molecule has 0 bridgehead atoms. The SMILES string of the molecule is CCCSC(CC(=O)O)C(=O)NCC1CCC(C(C)=O)CC1. The molecule has 0 radical (unpaired) electrons. The van der Waals surface area contributed by atoms with Gasteiger partial charge in [-0.15, -0.1) is 11.8 Å². The molecule has 0 aromatic heterocycles. The number of amides is 1. The van der Waals surface area contributed by atoms with Crippen molar-refractivity contribution in [2.24, 2.45) is 11.8 Å². The van der Waals surface area contributed by atoms with E-state index in [9.17, 15) is 14.4 Å². The lowest BCUT2D eigenvalue weighted by Gasteiger charge is -2.27. The highest BCUT2D eigenvalue weighted by Gasteiger charge is 2.26. The minimum atomic E-state index is -0.939. The number of carboxylic acids is 1. The maximum Gasteiger partial charge on any atom is 0.305 e. The summed E-state index contributed by atoms with van der Waals surface area (Å²) in [5.74, 6) is 0.531. The van der Waals surface area contributed by atoms with Crippen molar-refractivity contribution < 1.29 is 19.5 Å². The van der Waals surface area contributed by atoms with Crippen molar-refractivity contribution in [3.05, 3.63) is 0 Å². The topological polar surface area (TPSA) is 83.5 Å². The van der Waals surface area contributed by atoms with Gasteiger partial charge in [0.1, 0.15) is 5.78 Å². The second-order valence-corrected chi connectivity index (χ2v) is 7.34. The van der Waals surface area contributed by atoms with Crippen LogP contribution in [0.3, 0.4) is 0 Å². The number of rotatable bonds is 9. The molecule has 1 rings (SSSR count). The first-order chi connectivity index (χ1) is 10.4. The Bertz CT molecular complexity index is 392. The first kappa shape index (κ1) is 19.0. The van der Waals surface area contributed by atoms with Crippen molar-refractivity contribution in [3.8, 4) is 0 Å². The normalized spacial score (nSPS) is 22.8. The summed E-state index contributed by atoms with van der Waals surface area (Å²) in [6.07, 6.45) is 4.50. The first-order valence-corrected chi connectivity index (χ1v) is 9.10. The summed E-state index contributed by atoms with van der Waals surface area (Å²) in [6.45, 7) is 4.25. The average Bonchev–Trinajstić information content (AvgIpc) is 2.49. The molecule has 2 N–H and O–H groups in total. The van der Waals surface area contributed by atoms with Crippen LogP contribution in [0.2, 0.25) is 0 Å². The highest BCUT2D eigenvalue weighted by Crippen LogP contribution is 2.29. The summed E-state index contributed by atoms with van der Waals surface area (Å²) in [7, 11) is 0. The van der Waals surface area contributed by atoms with Crippen molar-refractivity contribution in [2.75, 3.05) is 12.3 Å². The Morgan fingerprint density at radius 2 is 1.86 bits per heavy atom. The Kier molecular flexibility index (Phi) is 8.53. The van der Waals surface area contributed by atoms with E-state index in [2.05, 4.69) is 5.32 Å². The quantitative estimate of drug-likeness (QED) is 0.679. The second kappa shape index (κ2) is 9.87. The van der Waals surface area contributed by atoms with Crippen LogP contribution in [0.4, 0.5) is 0 Å². The maximum atomic E-state index is 12.2. The third-order valence-electron chi connectivity index (χ3n) is 4.16. The Labute approximate surface area is 136 Å². The molecule has 0 heterocycles. The molecule has 6 heteroatoms. The molecule has 1 aliphatic carbocycles. The summed E-state index contributed by atoms with van der Waals surface area (Å²) < 4.78 is 0. The van der Waals surface area contributed by atoms with E-state index in [0.29, 0.717) is 12.5 Å². The predicted octanol–water partition coefficient (Wildman–Crippen LogP) is 2.48. The third-order valence-corrected chi connectivity index (χ3v) is 5.59. The highest BCUT2D eigenvalue weighted by molar-refractivity contribution is 8.00. The number of Topliss-reactive ketones (excluding diaryl/α,β-unsaturated/α-hetero) is 1. The van der Waals surface area contributed by atoms with Gasteiger partial charge in [0.15, 0.2) is 0 Å². The monoisotopic (exact) mass is 329 g/mol. The van der Waals surface area contributed by atoms with E-state index in [1.807, 2.05) is 6.92 Å². The molecule has 1 aliphatic rings. The van der Waals surface area contributed by atoms with E-state index in [4.69, 9.17) is 5.11 Å². The van der Waals surface area contributed by atoms with Crippen molar-refractivity contribution in [3.63, 3.8) is 0 Å². The largest absolute Gasteiger partial charge is 0.481 e. The maximum absolute atomic E-state index is 12.2. The van der Waals surface area contributed by atoms with Gasteiger partial charge in [-0.05, 0) is 50.7 Å². The number of carboxylic acid groups (broad SMARTS) is 1. The van der Waals surface area contributed by atoms with Gasteiger partial charge in [-0.1, -0.05) is 6.92 Å². The van der Waals surface area contributed by atoms with E-state index in [1.165, 1.54) is 11.8 Å². The van der Waals surface area contributed by atoms with Crippen LogP contribution in [0.1, 0.15) is 52.4 Å². The summed E-state index contributed by atoms with van der Waals surface area (Å²) in [5, 5.41) is 11.3. The van der Waals surface area contributed by atoms with Gasteiger partial charge in [0.2, 0.25) is 5.91 Å². The number of nitrogens with one attached hydrogen (secondary N) is 1. The summed E-state index contributed by atoms with van der Waals surface area (Å²) in [6, 6.07) is 0. The Morgan fingerprint density at radius 1 is 1.23 bits per heavy atom. The van der Waals surface area contributed by atoms with E-state index in [-0.39, 0.29) is 24.0 Å². The lowest BCUT2D eigenvalue weighted by atomic mass is 9.80. The van der Waals surface area contributed by atoms with Gasteiger partial charge >= 0.3 is 5.97 Å². The number of carbonyl (C=O) groups excluding carboxylic acids is 2. The zero-order valence-corrected chi connectivity index (χ0v) is 14.3. The fourth-order valence-corrected chi connectivity index (χ4v) is 3.79. The fraction of sp³-hybridized carbons (Fsp3) is 0.812. The van der Waals surface area contributed by atoms with Crippen LogP contribution in [0.5, 0.6) is 0 Å². The van der Waals surface area contributed by atoms with E-state index in [0.717, 1.165) is 37.9 Å². The Hall–Kier alpha value is -1.04. The lowest BCUT2D eigenvalue weighted by Crippen LogP contribution is -2.38. The number of ketones is 1. The van der Waals surface area contributed by atoms with Crippen LogP contribution in [-0.4, -0.2) is 40.3 Å². The fourth-order valence-electron chi connectivity index (χ4n) is 2.78. The van der Waals surface area contributed by atoms with Gasteiger partial charge in [0.05, 0.1) is 11.7 Å². The van der Waals surface area contributed by atoms with Crippen LogP contribution in [0.25, 0.3) is 0 Å². The molecular formula is C16H27NO4S. The lowest BCUT2D eigenvalue weighted by molar-refractivity contribution is -0.138. The Morgan fingerprint density at radius 3 is 2.36 bits per heavy atom. The third kappa shape index (κ3) is 6.81. The van der Waals surface area contributed by atoms with Gasteiger partial charge in [-0.2, -0.15) is 0 Å². The first-order valence-electron chi connectivity index (χ1n) is 8.05. The predicted molar refractivity (Wildman–Crippen MR) is 87.9 cm³/mol. The number of hydrogen-bond acceptors (Lipinski definition) is 4. The molecule has 1 saturated carbocycles. The number of carbonyl (C=O) groups is 3. The van der Waals surface area contributed by atoms with E-state index < -0.39 is 11.2 Å². The van der Waals surface area contributed by atoms with Crippen LogP contribution < -0.4 is 5.32 Å². The zero-order chi connectivity index (χ0) is 16.5. The smallest absolute Gasteiger partial charge is 0.305 e. The van der Waals surface area contributed by atoms with Gasteiger partial charge in [-0.25, -0.2) is 0 Å². The van der Waals surface area contributed by atoms with Gasteiger partial charge in [0.25, 0.3) is 0 Å². The second-order valence-electron chi connectivity index (χ2n) is 6.03. The molecule has 0 aliphatic heterocycles. The van der Waals surface area contributed by atoms with Crippen molar-refractivity contribution in [1.29, 1.82) is 0 Å². The summed E-state index contributed by atoms with van der Waals surface area (Å²) >= 11 is 1.41. The number of hydrogen-bond donors (Lipinski definition) is 2. The number of thioether (sulfide) groups is 1. The molecule has 126 valence electrons. The molecule has 1 amide bonds. The summed E-state index contributed by atoms with van der Waals surface area (Å²) in [5.41, 5.74) is 0. The van der Waals surface area contributed by atoms with Crippen LogP contribution in [0.15, 0.2) is 0 Å².